The fraction of sp³-hybridized carbons (Fsp3) is 0.621. The molecule has 0 unspecified atom stereocenters. The molecule has 0 aliphatic heterocycles. The van der Waals surface area contributed by atoms with E-state index in [0.29, 0.717) is 6.42 Å². The van der Waals surface area contributed by atoms with Crippen molar-refractivity contribution in [1.82, 2.24) is 10.6 Å². The molecule has 0 aromatic heterocycles. The van der Waals surface area contributed by atoms with Crippen LogP contribution >= 0.6 is 0 Å². The van der Waals surface area contributed by atoms with Crippen LogP contribution in [0.5, 0.6) is 0 Å². The van der Waals surface area contributed by atoms with E-state index in [0.717, 1.165) is 24.3 Å². The molecular weight excluding hydrogens is 440 g/mol. The molecule has 0 fully saturated rings. The van der Waals surface area contributed by atoms with Gasteiger partial charge in [-0.15, -0.1) is 6.42 Å². The molecule has 0 aliphatic rings. The minimum absolute atomic E-state index is 0. The highest BCUT2D eigenvalue weighted by Crippen LogP contribution is 2.05. The van der Waals surface area contributed by atoms with Crippen LogP contribution in [0.25, 0.3) is 0 Å². The van der Waals surface area contributed by atoms with Crippen molar-refractivity contribution in [3.05, 3.63) is 35.9 Å². The van der Waals surface area contributed by atoms with Crippen molar-refractivity contribution in [2.75, 3.05) is 7.05 Å². The maximum absolute atomic E-state index is 12.1. The Kier molecular flexibility index (Phi) is 38.4. The first-order valence-electron chi connectivity index (χ1n) is 12.5. The van der Waals surface area contributed by atoms with Crippen LogP contribution in [0, 0.1) is 18.3 Å². The van der Waals surface area contributed by atoms with Gasteiger partial charge in [0.25, 0.3) is 0 Å². The summed E-state index contributed by atoms with van der Waals surface area (Å²) in [6, 6.07) is 9.02. The van der Waals surface area contributed by atoms with Gasteiger partial charge in [-0.1, -0.05) is 98.1 Å². The summed E-state index contributed by atoms with van der Waals surface area (Å²) in [4.78, 5) is 33.8. The van der Waals surface area contributed by atoms with E-state index >= 15 is 0 Å². The van der Waals surface area contributed by atoms with E-state index in [1.807, 2.05) is 65.0 Å². The van der Waals surface area contributed by atoms with E-state index in [9.17, 15) is 14.4 Å². The largest absolute Gasteiger partial charge is 0.412 e. The Bertz CT molecular complexity index is 661. The lowest BCUT2D eigenvalue weighted by molar-refractivity contribution is -0.128. The summed E-state index contributed by atoms with van der Waals surface area (Å²) < 4.78 is 0. The molecule has 0 heterocycles. The summed E-state index contributed by atoms with van der Waals surface area (Å²) in [7, 11) is 1.76. The highest BCUT2D eigenvalue weighted by molar-refractivity contribution is 5.89. The molecule has 208 valence electrons. The third-order valence-electron chi connectivity index (χ3n) is 3.68. The highest BCUT2D eigenvalue weighted by atomic mass is 16.2. The minimum atomic E-state index is -0.461. The molecule has 0 bridgehead atoms. The maximum Gasteiger partial charge on any atom is 0.237 e. The molecule has 0 aliphatic carbocycles. The minimum Gasteiger partial charge on any atom is -0.412 e. The number of hydrogen-bond acceptors (Lipinski definition) is 4. The summed E-state index contributed by atoms with van der Waals surface area (Å²) in [5.74, 6) is 2.98. The number of benzene rings is 1. The van der Waals surface area contributed by atoms with Crippen LogP contribution < -0.4 is 10.6 Å². The quantitative estimate of drug-likeness (QED) is 0.428. The Morgan fingerprint density at radius 1 is 0.971 bits per heavy atom. The average molecular weight is 499 g/mol. The summed E-state index contributed by atoms with van der Waals surface area (Å²) in [5.41, 5.74) is 1.05. The average Bonchev–Trinajstić information content (AvgIpc) is 2.80. The Hall–Kier alpha value is -2.49. The molecule has 1 aromatic carbocycles. The number of terminal acetylenes is 1. The number of ketones is 2. The first-order valence-corrected chi connectivity index (χ1v) is 12.5. The second-order valence-electron chi connectivity index (χ2n) is 7.81. The fourth-order valence-corrected chi connectivity index (χ4v) is 2.26. The molecule has 0 spiro atoms. The zero-order valence-electron chi connectivity index (χ0n) is 24.2. The third-order valence-corrected chi connectivity index (χ3v) is 3.68. The van der Waals surface area contributed by atoms with Crippen molar-refractivity contribution in [3.8, 4) is 12.3 Å². The van der Waals surface area contributed by atoms with Gasteiger partial charge in [0.05, 0.1) is 18.5 Å². The molecule has 2 atom stereocenters. The van der Waals surface area contributed by atoms with Gasteiger partial charge in [-0.2, -0.15) is 0 Å². The molecule has 6 heteroatoms. The Morgan fingerprint density at radius 2 is 1.43 bits per heavy atom. The number of carbonyl (C=O) groups is 3. The van der Waals surface area contributed by atoms with Crippen LogP contribution in [0.4, 0.5) is 0 Å². The van der Waals surface area contributed by atoms with Gasteiger partial charge in [-0.3, -0.25) is 14.4 Å². The number of carbonyl (C=O) groups excluding carboxylic acids is 3. The molecule has 35 heavy (non-hydrogen) atoms. The molecule has 0 saturated heterocycles. The van der Waals surface area contributed by atoms with Crippen LogP contribution in [0.1, 0.15) is 96.9 Å². The SMILES string of the molecule is C#CCC(C)=O.CC.CC.CC(C)C.CCC[C@H](NC)C(=O)N[C@H](Cc1ccccc1)C(C)=O.O.[HH].[HH]. The van der Waals surface area contributed by atoms with Gasteiger partial charge >= 0.3 is 0 Å². The normalized spacial score (nSPS) is 10.3. The summed E-state index contributed by atoms with van der Waals surface area (Å²) in [6.45, 7) is 19.5. The van der Waals surface area contributed by atoms with Crippen molar-refractivity contribution in [3.63, 3.8) is 0 Å². The van der Waals surface area contributed by atoms with Gasteiger partial charge in [-0.25, -0.2) is 0 Å². The van der Waals surface area contributed by atoms with Gasteiger partial charge in [0, 0.05) is 2.85 Å². The van der Waals surface area contributed by atoms with Crippen molar-refractivity contribution < 1.29 is 22.7 Å². The monoisotopic (exact) mass is 498 g/mol. The zero-order chi connectivity index (χ0) is 27.5. The lowest BCUT2D eigenvalue weighted by atomic mass is 10.0. The lowest BCUT2D eigenvalue weighted by Gasteiger charge is -2.20. The highest BCUT2D eigenvalue weighted by Gasteiger charge is 2.22. The van der Waals surface area contributed by atoms with Crippen LogP contribution in [-0.2, 0) is 20.8 Å². The molecular formula is C29H58N2O4. The van der Waals surface area contributed by atoms with E-state index in [2.05, 4.69) is 37.3 Å². The van der Waals surface area contributed by atoms with E-state index in [1.54, 1.807) is 7.05 Å². The summed E-state index contributed by atoms with van der Waals surface area (Å²) in [5, 5.41) is 5.84. The topological polar surface area (TPSA) is 107 Å². The van der Waals surface area contributed by atoms with Gasteiger partial charge in [0.1, 0.15) is 5.78 Å². The van der Waals surface area contributed by atoms with Gasteiger partial charge in [-0.05, 0) is 45.2 Å². The van der Waals surface area contributed by atoms with Crippen molar-refractivity contribution in [2.45, 2.75) is 107 Å². The molecule has 0 saturated carbocycles. The van der Waals surface area contributed by atoms with Gasteiger partial charge in [0.2, 0.25) is 5.91 Å². The standard InChI is InChI=1S/C16H24N2O2.C5H6O.C4H10.2C2H6.H2O.2H2/c1-4-8-14(17-3)16(20)18-15(12(2)19)11-13-9-6-5-7-10-13;1-3-4-5(2)6;1-4(2)3;2*1-2;;;/h5-7,9-10,14-15,17H,4,8,11H2,1-3H3,(H,18,20);1H,4H2,2H3;4H,1-3H3;2*1-2H3;1H2;2*1H/t14-,15+;;;;;;;/m0......./s1. The number of rotatable bonds is 9. The Balaban J connectivity index is -0.0000000891. The first kappa shape index (κ1) is 42.7. The van der Waals surface area contributed by atoms with Crippen molar-refractivity contribution >= 4 is 17.5 Å². The second kappa shape index (κ2) is 31.5. The van der Waals surface area contributed by atoms with Crippen LogP contribution in [0.2, 0.25) is 0 Å². The zero-order valence-corrected chi connectivity index (χ0v) is 24.2. The van der Waals surface area contributed by atoms with Crippen molar-refractivity contribution in [2.24, 2.45) is 5.92 Å². The summed E-state index contributed by atoms with van der Waals surface area (Å²) in [6.07, 6.45) is 7.24. The Morgan fingerprint density at radius 3 is 1.71 bits per heavy atom. The van der Waals surface area contributed by atoms with Crippen molar-refractivity contribution in [1.29, 1.82) is 0 Å². The smallest absolute Gasteiger partial charge is 0.237 e. The number of Topliss-reactive ketones (excluding diaryl/α,β-unsaturated/α-hetero) is 2. The molecule has 4 N–H and O–H groups in total. The second-order valence-corrected chi connectivity index (χ2v) is 7.81. The number of hydrogen-bond donors (Lipinski definition) is 2. The van der Waals surface area contributed by atoms with E-state index in [-0.39, 0.29) is 38.3 Å². The van der Waals surface area contributed by atoms with E-state index in [1.165, 1.54) is 13.8 Å². The third kappa shape index (κ3) is 31.5. The fourth-order valence-electron chi connectivity index (χ4n) is 2.26. The van der Waals surface area contributed by atoms with Gasteiger partial charge in [0.15, 0.2) is 5.78 Å². The lowest BCUT2D eigenvalue weighted by Crippen LogP contribution is -2.49. The first-order chi connectivity index (χ1) is 16.1. The maximum atomic E-state index is 12.1. The van der Waals surface area contributed by atoms with Crippen LogP contribution in [-0.4, -0.2) is 42.1 Å². The van der Waals surface area contributed by atoms with Crippen LogP contribution in [0.3, 0.4) is 0 Å². The molecule has 6 nitrogen and oxygen atoms in total. The molecule has 1 amide bonds. The summed E-state index contributed by atoms with van der Waals surface area (Å²) >= 11 is 0. The molecule has 1 rings (SSSR count). The number of nitrogens with one attached hydrogen (secondary N) is 2. The number of likely N-dealkylation sites (N-methyl/N-ethyl adjacent to an activating group) is 1. The van der Waals surface area contributed by atoms with Crippen LogP contribution in [0.15, 0.2) is 30.3 Å². The van der Waals surface area contributed by atoms with Gasteiger partial charge < -0.3 is 16.1 Å². The van der Waals surface area contributed by atoms with E-state index in [4.69, 9.17) is 6.42 Å². The number of amides is 1. The predicted molar refractivity (Wildman–Crippen MR) is 156 cm³/mol. The molecule has 0 radical (unpaired) electrons. The van der Waals surface area contributed by atoms with E-state index < -0.39 is 6.04 Å². The Labute approximate surface area is 219 Å². The molecule has 1 aromatic rings. The predicted octanol–water partition coefficient (Wildman–Crippen LogP) is 5.67.